The van der Waals surface area contributed by atoms with Crippen molar-refractivity contribution < 1.29 is 10.2 Å². The van der Waals surface area contributed by atoms with Gasteiger partial charge in [0.15, 0.2) is 0 Å². The van der Waals surface area contributed by atoms with Gasteiger partial charge in [-0.2, -0.15) is 0 Å². The molecule has 0 saturated heterocycles. The standard InChI is InChI=1S/C8H15NO2/c9-8-2-6(4-10)1-7(3-8)5-11/h2,7-8,10-11H,1,3-5,9H2/t7?,8-/m1/s1. The molecule has 64 valence electrons. The van der Waals surface area contributed by atoms with Crippen LogP contribution in [0.5, 0.6) is 0 Å². The van der Waals surface area contributed by atoms with Crippen molar-refractivity contribution in [3.05, 3.63) is 11.6 Å². The molecule has 0 aromatic rings. The fraction of sp³-hybridized carbons (Fsp3) is 0.750. The molecule has 0 bridgehead atoms. The molecule has 0 spiro atoms. The summed E-state index contributed by atoms with van der Waals surface area (Å²) in [4.78, 5) is 0. The first kappa shape index (κ1) is 8.71. The van der Waals surface area contributed by atoms with Crippen LogP contribution >= 0.6 is 0 Å². The Morgan fingerprint density at radius 3 is 2.82 bits per heavy atom. The van der Waals surface area contributed by atoms with Crippen LogP contribution in [-0.2, 0) is 0 Å². The van der Waals surface area contributed by atoms with Gasteiger partial charge in [-0.05, 0) is 24.3 Å². The minimum Gasteiger partial charge on any atom is -0.396 e. The van der Waals surface area contributed by atoms with Crippen molar-refractivity contribution in [2.75, 3.05) is 13.2 Å². The molecule has 0 saturated carbocycles. The molecule has 1 unspecified atom stereocenters. The SMILES string of the molecule is N[C@@H]1C=C(CO)CC(CO)C1. The lowest BCUT2D eigenvalue weighted by atomic mass is 9.87. The van der Waals surface area contributed by atoms with Crippen molar-refractivity contribution in [3.63, 3.8) is 0 Å². The number of hydrogen-bond donors (Lipinski definition) is 3. The van der Waals surface area contributed by atoms with Crippen molar-refractivity contribution in [1.82, 2.24) is 0 Å². The Balaban J connectivity index is 2.54. The summed E-state index contributed by atoms with van der Waals surface area (Å²) in [6.07, 6.45) is 3.52. The van der Waals surface area contributed by atoms with Crippen LogP contribution in [-0.4, -0.2) is 29.5 Å². The molecule has 0 heterocycles. The van der Waals surface area contributed by atoms with Crippen LogP contribution in [0.25, 0.3) is 0 Å². The van der Waals surface area contributed by atoms with E-state index >= 15 is 0 Å². The lowest BCUT2D eigenvalue weighted by Gasteiger charge is -2.23. The fourth-order valence-electron chi connectivity index (χ4n) is 1.53. The molecule has 0 aromatic carbocycles. The monoisotopic (exact) mass is 157 g/mol. The van der Waals surface area contributed by atoms with Gasteiger partial charge in [0.05, 0.1) is 6.61 Å². The lowest BCUT2D eigenvalue weighted by molar-refractivity contribution is 0.203. The highest BCUT2D eigenvalue weighted by Gasteiger charge is 2.18. The molecule has 0 aromatic heterocycles. The van der Waals surface area contributed by atoms with Crippen LogP contribution in [0.1, 0.15) is 12.8 Å². The Morgan fingerprint density at radius 2 is 2.27 bits per heavy atom. The zero-order valence-electron chi connectivity index (χ0n) is 6.53. The lowest BCUT2D eigenvalue weighted by Crippen LogP contribution is -2.28. The van der Waals surface area contributed by atoms with Crippen molar-refractivity contribution in [2.45, 2.75) is 18.9 Å². The number of nitrogens with two attached hydrogens (primary N) is 1. The molecule has 0 aliphatic heterocycles. The second-order valence-corrected chi connectivity index (χ2v) is 3.14. The van der Waals surface area contributed by atoms with Gasteiger partial charge in [-0.3, -0.25) is 0 Å². The highest BCUT2D eigenvalue weighted by Crippen LogP contribution is 2.22. The van der Waals surface area contributed by atoms with Crippen LogP contribution < -0.4 is 5.73 Å². The Kier molecular flexibility index (Phi) is 3.05. The quantitative estimate of drug-likeness (QED) is 0.479. The summed E-state index contributed by atoms with van der Waals surface area (Å²) < 4.78 is 0. The average molecular weight is 157 g/mol. The van der Waals surface area contributed by atoms with Gasteiger partial charge in [0.25, 0.3) is 0 Å². The fourth-order valence-corrected chi connectivity index (χ4v) is 1.53. The molecular weight excluding hydrogens is 142 g/mol. The van der Waals surface area contributed by atoms with Crippen LogP contribution in [0.4, 0.5) is 0 Å². The Morgan fingerprint density at radius 1 is 1.55 bits per heavy atom. The summed E-state index contributed by atoms with van der Waals surface area (Å²) in [5, 5.41) is 17.7. The van der Waals surface area contributed by atoms with Gasteiger partial charge in [0, 0.05) is 12.6 Å². The van der Waals surface area contributed by atoms with Gasteiger partial charge in [0.2, 0.25) is 0 Å². The molecule has 11 heavy (non-hydrogen) atoms. The van der Waals surface area contributed by atoms with E-state index in [1.165, 1.54) is 0 Å². The summed E-state index contributed by atoms with van der Waals surface area (Å²) >= 11 is 0. The van der Waals surface area contributed by atoms with E-state index in [1.54, 1.807) is 0 Å². The van der Waals surface area contributed by atoms with E-state index in [0.29, 0.717) is 0 Å². The van der Waals surface area contributed by atoms with Crippen molar-refractivity contribution in [2.24, 2.45) is 11.7 Å². The minimum atomic E-state index is 0.0167. The van der Waals surface area contributed by atoms with E-state index in [2.05, 4.69) is 0 Å². The maximum atomic E-state index is 8.86. The summed E-state index contributed by atoms with van der Waals surface area (Å²) in [5.41, 5.74) is 6.63. The van der Waals surface area contributed by atoms with Gasteiger partial charge in [-0.1, -0.05) is 6.08 Å². The van der Waals surface area contributed by atoms with Gasteiger partial charge < -0.3 is 15.9 Å². The highest BCUT2D eigenvalue weighted by atomic mass is 16.3. The first-order chi connectivity index (χ1) is 5.26. The molecule has 1 aliphatic rings. The summed E-state index contributed by atoms with van der Waals surface area (Å²) in [5.74, 6) is 0.247. The van der Waals surface area contributed by atoms with Crippen LogP contribution in [0.2, 0.25) is 0 Å². The van der Waals surface area contributed by atoms with E-state index in [4.69, 9.17) is 15.9 Å². The maximum Gasteiger partial charge on any atom is 0.0642 e. The summed E-state index contributed by atoms with van der Waals surface area (Å²) in [6, 6.07) is 0.0167. The highest BCUT2D eigenvalue weighted by molar-refractivity contribution is 5.11. The van der Waals surface area contributed by atoms with Gasteiger partial charge in [0.1, 0.15) is 0 Å². The molecule has 4 N–H and O–H groups in total. The largest absolute Gasteiger partial charge is 0.396 e. The van der Waals surface area contributed by atoms with Crippen LogP contribution in [0, 0.1) is 5.92 Å². The third-order valence-corrected chi connectivity index (χ3v) is 2.07. The molecular formula is C8H15NO2. The first-order valence-electron chi connectivity index (χ1n) is 3.93. The first-order valence-corrected chi connectivity index (χ1v) is 3.93. The third-order valence-electron chi connectivity index (χ3n) is 2.07. The zero-order chi connectivity index (χ0) is 8.27. The van der Waals surface area contributed by atoms with E-state index in [1.807, 2.05) is 6.08 Å². The summed E-state index contributed by atoms with van der Waals surface area (Å²) in [7, 11) is 0. The van der Waals surface area contributed by atoms with E-state index < -0.39 is 0 Å². The molecule has 1 aliphatic carbocycles. The number of aliphatic hydroxyl groups excluding tert-OH is 2. The van der Waals surface area contributed by atoms with Gasteiger partial charge >= 0.3 is 0 Å². The minimum absolute atomic E-state index is 0.0167. The van der Waals surface area contributed by atoms with Gasteiger partial charge in [-0.25, -0.2) is 0 Å². The molecule has 1 rings (SSSR count). The average Bonchev–Trinajstić information content (AvgIpc) is 2.03. The molecule has 0 radical (unpaired) electrons. The Bertz CT molecular complexity index is 156. The normalized spacial score (nSPS) is 31.7. The molecule has 0 amide bonds. The van der Waals surface area contributed by atoms with Crippen molar-refractivity contribution in [1.29, 1.82) is 0 Å². The maximum absolute atomic E-state index is 8.86. The Labute approximate surface area is 66.5 Å². The second kappa shape index (κ2) is 3.85. The zero-order valence-corrected chi connectivity index (χ0v) is 6.53. The molecule has 2 atom stereocenters. The topological polar surface area (TPSA) is 66.5 Å². The summed E-state index contributed by atoms with van der Waals surface area (Å²) in [6.45, 7) is 0.245. The van der Waals surface area contributed by atoms with E-state index in [-0.39, 0.29) is 25.2 Å². The number of hydrogen-bond acceptors (Lipinski definition) is 3. The van der Waals surface area contributed by atoms with Gasteiger partial charge in [-0.15, -0.1) is 0 Å². The number of aliphatic hydroxyl groups is 2. The van der Waals surface area contributed by atoms with E-state index in [0.717, 1.165) is 18.4 Å². The predicted octanol–water partition coefficient (Wildman–Crippen LogP) is -0.365. The smallest absolute Gasteiger partial charge is 0.0642 e. The predicted molar refractivity (Wildman–Crippen MR) is 43.0 cm³/mol. The molecule has 3 nitrogen and oxygen atoms in total. The number of rotatable bonds is 2. The third kappa shape index (κ3) is 2.29. The second-order valence-electron chi connectivity index (χ2n) is 3.14. The van der Waals surface area contributed by atoms with Crippen LogP contribution in [0.3, 0.4) is 0 Å². The molecule has 3 heteroatoms. The Hall–Kier alpha value is -0.380. The van der Waals surface area contributed by atoms with Crippen LogP contribution in [0.15, 0.2) is 11.6 Å². The molecule has 0 fully saturated rings. The van der Waals surface area contributed by atoms with E-state index in [9.17, 15) is 0 Å². The van der Waals surface area contributed by atoms with Crippen molar-refractivity contribution >= 4 is 0 Å². The van der Waals surface area contributed by atoms with Crippen molar-refractivity contribution in [3.8, 4) is 0 Å².